The van der Waals surface area contributed by atoms with Crippen LogP contribution in [0.5, 0.6) is 0 Å². The van der Waals surface area contributed by atoms with Crippen molar-refractivity contribution >= 4 is 23.4 Å². The molecule has 2 aliphatic heterocycles. The van der Waals surface area contributed by atoms with Gasteiger partial charge in [-0.1, -0.05) is 6.07 Å². The first-order valence-electron chi connectivity index (χ1n) is 9.89. The fraction of sp³-hybridized carbons (Fsp3) is 0.474. The molecule has 3 unspecified atom stereocenters. The van der Waals surface area contributed by atoms with Crippen LogP contribution < -0.4 is 21.2 Å². The number of fused-ring (bicyclic) bond motifs is 5. The molecule has 3 aliphatic rings. The number of hydrogen-bond donors (Lipinski definition) is 3. The molecule has 2 fully saturated rings. The molecule has 10 heteroatoms. The van der Waals surface area contributed by atoms with Gasteiger partial charge >= 0.3 is 6.03 Å². The van der Waals surface area contributed by atoms with E-state index in [1.54, 1.807) is 0 Å². The van der Waals surface area contributed by atoms with Crippen molar-refractivity contribution in [2.75, 3.05) is 29.0 Å². The summed E-state index contributed by atoms with van der Waals surface area (Å²) < 4.78 is 5.99. The number of hydrazine groups is 2. The van der Waals surface area contributed by atoms with Crippen LogP contribution in [-0.2, 0) is 4.74 Å². The Morgan fingerprint density at radius 2 is 2.10 bits per heavy atom. The van der Waals surface area contributed by atoms with Crippen LogP contribution in [-0.4, -0.2) is 51.2 Å². The van der Waals surface area contributed by atoms with Crippen molar-refractivity contribution in [1.29, 1.82) is 0 Å². The van der Waals surface area contributed by atoms with E-state index in [1.165, 1.54) is 6.33 Å². The normalized spacial score (nSPS) is 25.2. The number of anilines is 3. The first-order valence-corrected chi connectivity index (χ1v) is 9.89. The Morgan fingerprint density at radius 1 is 1.24 bits per heavy atom. The second-order valence-corrected chi connectivity index (χ2v) is 7.78. The maximum atomic E-state index is 12.1. The molecule has 1 aromatic heterocycles. The first kappa shape index (κ1) is 18.1. The third-order valence-corrected chi connectivity index (χ3v) is 5.21. The standard InChI is InChI=1S/C19H24N8O2/c1-11-3-4-14(23-19(28)22-13-5-6-13)7-15(11)25-27-18-21-10-20-17(24-18)16-9-26(27)8-12(2)29-16/h3-4,7,10,12-13,16,25H,5-6,8-9H2,1-2H3,(H2,22,23,28). The molecule has 4 bridgehead atoms. The number of nitrogens with zero attached hydrogens (tertiary/aromatic N) is 5. The van der Waals surface area contributed by atoms with E-state index < -0.39 is 0 Å². The Labute approximate surface area is 168 Å². The number of morpholine rings is 1. The Kier molecular flexibility index (Phi) is 4.44. The molecule has 152 valence electrons. The number of urea groups is 1. The zero-order valence-corrected chi connectivity index (χ0v) is 16.4. The predicted molar refractivity (Wildman–Crippen MR) is 107 cm³/mol. The van der Waals surface area contributed by atoms with Crippen molar-refractivity contribution in [2.24, 2.45) is 0 Å². The molecule has 0 radical (unpaired) electrons. The number of aryl methyl sites for hydroxylation is 1. The van der Waals surface area contributed by atoms with E-state index in [1.807, 2.05) is 37.2 Å². The van der Waals surface area contributed by atoms with Gasteiger partial charge in [0.1, 0.15) is 12.4 Å². The van der Waals surface area contributed by atoms with Crippen molar-refractivity contribution in [1.82, 2.24) is 25.3 Å². The molecule has 2 aromatic rings. The molecule has 3 atom stereocenters. The van der Waals surface area contributed by atoms with Gasteiger partial charge in [0.15, 0.2) is 5.82 Å². The van der Waals surface area contributed by atoms with E-state index in [-0.39, 0.29) is 18.2 Å². The third-order valence-electron chi connectivity index (χ3n) is 5.21. The summed E-state index contributed by atoms with van der Waals surface area (Å²) in [5, 5.41) is 9.81. The Balaban J connectivity index is 1.39. The van der Waals surface area contributed by atoms with Gasteiger partial charge in [-0.25, -0.2) is 9.78 Å². The summed E-state index contributed by atoms with van der Waals surface area (Å²) >= 11 is 0. The van der Waals surface area contributed by atoms with Gasteiger partial charge in [0, 0.05) is 18.3 Å². The average molecular weight is 396 g/mol. The summed E-state index contributed by atoms with van der Waals surface area (Å²) in [6.07, 6.45) is 3.46. The van der Waals surface area contributed by atoms with Crippen LogP contribution in [0.3, 0.4) is 0 Å². The monoisotopic (exact) mass is 396 g/mol. The van der Waals surface area contributed by atoms with Gasteiger partial charge in [-0.2, -0.15) is 20.1 Å². The summed E-state index contributed by atoms with van der Waals surface area (Å²) in [5.41, 5.74) is 6.03. The molecule has 1 saturated carbocycles. The van der Waals surface area contributed by atoms with Gasteiger partial charge in [-0.3, -0.25) is 5.43 Å². The first-order chi connectivity index (χ1) is 14.0. The average Bonchev–Trinajstić information content (AvgIpc) is 3.51. The minimum Gasteiger partial charge on any atom is -0.364 e. The molecule has 5 rings (SSSR count). The van der Waals surface area contributed by atoms with Crippen molar-refractivity contribution in [3.63, 3.8) is 0 Å². The number of carbonyl (C=O) groups excluding carboxylic acids is 1. The predicted octanol–water partition coefficient (Wildman–Crippen LogP) is 1.99. The zero-order valence-electron chi connectivity index (χ0n) is 16.4. The van der Waals surface area contributed by atoms with E-state index in [4.69, 9.17) is 4.74 Å². The number of hydrogen-bond acceptors (Lipinski definition) is 8. The van der Waals surface area contributed by atoms with Crippen LogP contribution >= 0.6 is 0 Å². The van der Waals surface area contributed by atoms with Crippen LogP contribution in [0.4, 0.5) is 22.1 Å². The maximum Gasteiger partial charge on any atom is 0.319 e. The van der Waals surface area contributed by atoms with Crippen LogP contribution in [0, 0.1) is 6.92 Å². The lowest BCUT2D eigenvalue weighted by molar-refractivity contribution is -0.0814. The quantitative estimate of drug-likeness (QED) is 0.720. The lowest BCUT2D eigenvalue weighted by Gasteiger charge is -2.40. The van der Waals surface area contributed by atoms with E-state index >= 15 is 0 Å². The smallest absolute Gasteiger partial charge is 0.319 e. The molecule has 3 heterocycles. The number of ether oxygens (including phenoxy) is 1. The fourth-order valence-electron chi connectivity index (χ4n) is 3.55. The largest absolute Gasteiger partial charge is 0.364 e. The van der Waals surface area contributed by atoms with E-state index in [2.05, 4.69) is 36.0 Å². The molecule has 29 heavy (non-hydrogen) atoms. The highest BCUT2D eigenvalue weighted by molar-refractivity contribution is 5.90. The number of benzene rings is 1. The number of rotatable bonds is 4. The van der Waals surface area contributed by atoms with Gasteiger partial charge in [0.25, 0.3) is 5.95 Å². The highest BCUT2D eigenvalue weighted by atomic mass is 16.5. The van der Waals surface area contributed by atoms with Crippen LogP contribution in [0.25, 0.3) is 0 Å². The molecular weight excluding hydrogens is 372 g/mol. The Hall–Kier alpha value is -2.98. The second kappa shape index (κ2) is 7.12. The topological polar surface area (TPSA) is 108 Å². The minimum atomic E-state index is -0.187. The van der Waals surface area contributed by atoms with Crippen molar-refractivity contribution in [3.8, 4) is 0 Å². The van der Waals surface area contributed by atoms with Crippen LogP contribution in [0.15, 0.2) is 24.5 Å². The minimum absolute atomic E-state index is 0.0381. The summed E-state index contributed by atoms with van der Waals surface area (Å²) in [6.45, 7) is 5.38. The van der Waals surface area contributed by atoms with Gasteiger partial charge < -0.3 is 15.4 Å². The number of carbonyl (C=O) groups is 1. The maximum absolute atomic E-state index is 12.1. The molecule has 0 spiro atoms. The highest BCUT2D eigenvalue weighted by Gasteiger charge is 2.36. The van der Waals surface area contributed by atoms with E-state index in [0.717, 1.165) is 29.8 Å². The summed E-state index contributed by atoms with van der Waals surface area (Å²) in [4.78, 5) is 25.3. The van der Waals surface area contributed by atoms with Crippen LogP contribution in [0.1, 0.15) is 37.3 Å². The third kappa shape index (κ3) is 3.81. The number of aromatic nitrogens is 3. The Bertz CT molecular complexity index is 934. The number of nitrogens with one attached hydrogen (secondary N) is 3. The van der Waals surface area contributed by atoms with Gasteiger partial charge in [0.2, 0.25) is 0 Å². The fourth-order valence-corrected chi connectivity index (χ4v) is 3.55. The lowest BCUT2D eigenvalue weighted by Crippen LogP contribution is -2.54. The van der Waals surface area contributed by atoms with E-state index in [9.17, 15) is 4.79 Å². The summed E-state index contributed by atoms with van der Waals surface area (Å²) in [7, 11) is 0. The molecular formula is C19H24N8O2. The van der Waals surface area contributed by atoms with Gasteiger partial charge in [0.05, 0.1) is 18.3 Å². The van der Waals surface area contributed by atoms with Crippen molar-refractivity contribution in [2.45, 2.75) is 44.9 Å². The molecule has 3 N–H and O–H groups in total. The second-order valence-electron chi connectivity index (χ2n) is 7.78. The van der Waals surface area contributed by atoms with Gasteiger partial charge in [-0.15, -0.1) is 0 Å². The number of amides is 2. The molecule has 1 aromatic carbocycles. The van der Waals surface area contributed by atoms with Crippen molar-refractivity contribution < 1.29 is 9.53 Å². The van der Waals surface area contributed by atoms with E-state index in [0.29, 0.717) is 30.9 Å². The summed E-state index contributed by atoms with van der Waals surface area (Å²) in [5.74, 6) is 1.15. The Morgan fingerprint density at radius 3 is 2.93 bits per heavy atom. The highest BCUT2D eigenvalue weighted by Crippen LogP contribution is 2.30. The molecule has 1 aliphatic carbocycles. The van der Waals surface area contributed by atoms with Crippen LogP contribution in [0.2, 0.25) is 0 Å². The lowest BCUT2D eigenvalue weighted by atomic mass is 10.2. The van der Waals surface area contributed by atoms with Crippen molar-refractivity contribution in [3.05, 3.63) is 35.9 Å². The molecule has 2 amide bonds. The SMILES string of the molecule is Cc1ccc(NC(=O)NC2CC2)cc1NN1c2ncnc(n2)C2CN1CC(C)O2. The molecule has 10 nitrogen and oxygen atoms in total. The summed E-state index contributed by atoms with van der Waals surface area (Å²) in [6, 6.07) is 5.91. The zero-order chi connectivity index (χ0) is 20.0. The van der Waals surface area contributed by atoms with Gasteiger partial charge in [-0.05, 0) is 44.4 Å². The molecule has 1 saturated heterocycles.